The topological polar surface area (TPSA) is 162 Å². The summed E-state index contributed by atoms with van der Waals surface area (Å²) < 4.78 is 0. The molecule has 2 aliphatic heterocycles. The molecule has 3 rings (SSSR count). The molecule has 0 spiro atoms. The Morgan fingerprint density at radius 2 is 1.38 bits per heavy atom. The third-order valence-electron chi connectivity index (χ3n) is 5.28. The number of nitrogens with zero attached hydrogens (tertiary/aromatic N) is 1. The molecule has 164 valence electrons. The van der Waals surface area contributed by atoms with Gasteiger partial charge in [-0.3, -0.25) is 14.5 Å². The van der Waals surface area contributed by atoms with Crippen molar-refractivity contribution in [2.24, 2.45) is 11.5 Å². The molecule has 2 amide bonds. The lowest BCUT2D eigenvalue weighted by molar-refractivity contribution is -0.141. The minimum atomic E-state index is -1.30. The van der Waals surface area contributed by atoms with Gasteiger partial charge < -0.3 is 32.1 Å². The predicted molar refractivity (Wildman–Crippen MR) is 109 cm³/mol. The lowest BCUT2D eigenvalue weighted by Gasteiger charge is -2.36. The number of rotatable bonds is 4. The predicted octanol–water partition coefficient (Wildman–Crippen LogP) is -1.31. The van der Waals surface area contributed by atoms with Gasteiger partial charge in [0, 0.05) is 26.7 Å². The van der Waals surface area contributed by atoms with E-state index in [4.69, 9.17) is 16.6 Å². The van der Waals surface area contributed by atoms with Crippen LogP contribution >= 0.6 is 0 Å². The number of amides is 2. The zero-order valence-electron chi connectivity index (χ0n) is 17.0. The van der Waals surface area contributed by atoms with Crippen molar-refractivity contribution >= 4 is 11.8 Å². The fourth-order valence-electron chi connectivity index (χ4n) is 3.26. The molecule has 2 heterocycles. The fraction of sp³-hybridized carbons (Fsp3) is 0.600. The number of hydrogen-bond donors (Lipinski definition) is 6. The van der Waals surface area contributed by atoms with Crippen LogP contribution in [0.1, 0.15) is 31.2 Å². The number of aliphatic hydroxyl groups is 3. The zero-order valence-corrected chi connectivity index (χ0v) is 17.0. The van der Waals surface area contributed by atoms with Gasteiger partial charge in [0.05, 0.1) is 0 Å². The Morgan fingerprint density at radius 1 is 0.931 bits per heavy atom. The molecule has 29 heavy (non-hydrogen) atoms. The van der Waals surface area contributed by atoms with E-state index in [1.165, 1.54) is 5.56 Å². The number of carbonyl (C=O) groups is 2. The van der Waals surface area contributed by atoms with Gasteiger partial charge in [-0.15, -0.1) is 0 Å². The van der Waals surface area contributed by atoms with E-state index in [1.807, 2.05) is 18.2 Å². The molecule has 2 aliphatic rings. The Kier molecular flexibility index (Phi) is 10.2. The van der Waals surface area contributed by atoms with E-state index in [9.17, 15) is 19.8 Å². The van der Waals surface area contributed by atoms with E-state index < -0.39 is 23.0 Å². The molecule has 0 saturated carbocycles. The van der Waals surface area contributed by atoms with Crippen molar-refractivity contribution in [2.45, 2.75) is 43.4 Å². The van der Waals surface area contributed by atoms with Crippen molar-refractivity contribution in [3.05, 3.63) is 35.9 Å². The molecule has 0 aromatic heterocycles. The van der Waals surface area contributed by atoms with E-state index in [-0.39, 0.29) is 0 Å². The second-order valence-corrected chi connectivity index (χ2v) is 7.30. The summed E-state index contributed by atoms with van der Waals surface area (Å²) in [6, 6.07) is 10.2. The average Bonchev–Trinajstić information content (AvgIpc) is 2.73. The fourth-order valence-corrected chi connectivity index (χ4v) is 3.26. The van der Waals surface area contributed by atoms with Gasteiger partial charge in [-0.25, -0.2) is 0 Å². The molecule has 8 N–H and O–H groups in total. The van der Waals surface area contributed by atoms with Crippen molar-refractivity contribution in [2.75, 3.05) is 33.3 Å². The van der Waals surface area contributed by atoms with Crippen LogP contribution in [0.5, 0.6) is 0 Å². The quantitative estimate of drug-likeness (QED) is 0.359. The summed E-state index contributed by atoms with van der Waals surface area (Å²) in [7, 11) is 1.00. The Labute approximate surface area is 171 Å². The van der Waals surface area contributed by atoms with Crippen LogP contribution in [0.3, 0.4) is 0 Å². The number of piperidine rings is 2. The van der Waals surface area contributed by atoms with Gasteiger partial charge in [-0.2, -0.15) is 0 Å². The first-order chi connectivity index (χ1) is 13.8. The van der Waals surface area contributed by atoms with E-state index in [2.05, 4.69) is 22.3 Å². The maximum absolute atomic E-state index is 11.1. The number of hydrogen-bond acceptors (Lipinski definition) is 7. The van der Waals surface area contributed by atoms with E-state index in [0.717, 1.165) is 13.7 Å². The molecular weight excluding hydrogens is 376 g/mol. The van der Waals surface area contributed by atoms with Crippen molar-refractivity contribution in [1.82, 2.24) is 10.2 Å². The minimum absolute atomic E-state index is 0.426. The Morgan fingerprint density at radius 3 is 1.79 bits per heavy atom. The summed E-state index contributed by atoms with van der Waals surface area (Å²) in [4.78, 5) is 23.9. The number of nitrogens with one attached hydrogen (secondary N) is 1. The minimum Gasteiger partial charge on any atom is -0.400 e. The number of benzene rings is 1. The third-order valence-corrected chi connectivity index (χ3v) is 5.28. The zero-order chi connectivity index (χ0) is 21.9. The van der Waals surface area contributed by atoms with Crippen LogP contribution in [-0.4, -0.2) is 76.5 Å². The third kappa shape index (κ3) is 7.71. The Hall–Kier alpha value is -2.04. The van der Waals surface area contributed by atoms with Crippen molar-refractivity contribution in [3.8, 4) is 0 Å². The van der Waals surface area contributed by atoms with E-state index in [1.54, 1.807) is 0 Å². The van der Waals surface area contributed by atoms with Crippen LogP contribution in [0.15, 0.2) is 30.3 Å². The molecule has 0 unspecified atom stereocenters. The van der Waals surface area contributed by atoms with Crippen LogP contribution in [0, 0.1) is 0 Å². The van der Waals surface area contributed by atoms with Gasteiger partial charge in [0.25, 0.3) is 0 Å². The number of primary amides is 2. The summed E-state index contributed by atoms with van der Waals surface area (Å²) in [5, 5.41) is 29.4. The Balaban J connectivity index is 0.000000299. The molecule has 0 aliphatic carbocycles. The lowest BCUT2D eigenvalue weighted by atomic mass is 9.90. The van der Waals surface area contributed by atoms with E-state index >= 15 is 0 Å². The normalized spacial score (nSPS) is 20.3. The van der Waals surface area contributed by atoms with Crippen molar-refractivity contribution < 1.29 is 24.9 Å². The lowest BCUT2D eigenvalue weighted by Crippen LogP contribution is -2.51. The first-order valence-corrected chi connectivity index (χ1v) is 9.71. The highest BCUT2D eigenvalue weighted by molar-refractivity contribution is 5.83. The highest BCUT2D eigenvalue weighted by Gasteiger charge is 2.37. The molecule has 2 saturated heterocycles. The van der Waals surface area contributed by atoms with Gasteiger partial charge in [0.2, 0.25) is 11.8 Å². The molecule has 9 nitrogen and oxygen atoms in total. The molecule has 1 aromatic rings. The van der Waals surface area contributed by atoms with Crippen molar-refractivity contribution in [3.63, 3.8) is 0 Å². The molecule has 9 heteroatoms. The molecule has 1 aromatic carbocycles. The first kappa shape index (κ1) is 25.0. The summed E-state index contributed by atoms with van der Waals surface area (Å²) >= 11 is 0. The van der Waals surface area contributed by atoms with Gasteiger partial charge in [0.15, 0.2) is 0 Å². The number of likely N-dealkylation sites (tertiary alicyclic amines) is 1. The number of nitrogens with two attached hydrogens (primary N) is 2. The molecule has 2 fully saturated rings. The standard InChI is InChI=1S/C13H18N2O2.C6H12N2O2.CH4O/c14-12(16)13(17)6-8-15(9-7-13)10-11-4-2-1-3-5-11;7-5(9)6(10)1-3-8-4-2-6;1-2/h1-5,17H,6-10H2,(H2,14,16);8,10H,1-4H2,(H2,7,9);2H,1H3. The SMILES string of the molecule is CO.NC(=O)C1(O)CCN(Cc2ccccc2)CC1.NC(=O)C1(O)CCNCC1. The smallest absolute Gasteiger partial charge is 0.249 e. The molecule has 0 bridgehead atoms. The summed E-state index contributed by atoms with van der Waals surface area (Å²) in [6.07, 6.45) is 1.72. The summed E-state index contributed by atoms with van der Waals surface area (Å²) in [5.74, 6) is -1.20. The van der Waals surface area contributed by atoms with Crippen LogP contribution in [0.4, 0.5) is 0 Å². The van der Waals surface area contributed by atoms with Gasteiger partial charge in [-0.1, -0.05) is 30.3 Å². The number of aliphatic hydroxyl groups excluding tert-OH is 1. The van der Waals surface area contributed by atoms with Gasteiger partial charge in [-0.05, 0) is 44.3 Å². The van der Waals surface area contributed by atoms with Crippen LogP contribution in [0.25, 0.3) is 0 Å². The van der Waals surface area contributed by atoms with Gasteiger partial charge in [0.1, 0.15) is 11.2 Å². The van der Waals surface area contributed by atoms with Crippen LogP contribution < -0.4 is 16.8 Å². The molecule has 0 radical (unpaired) electrons. The monoisotopic (exact) mass is 410 g/mol. The summed E-state index contributed by atoms with van der Waals surface area (Å²) in [6.45, 7) is 3.59. The first-order valence-electron chi connectivity index (χ1n) is 9.71. The second-order valence-electron chi connectivity index (χ2n) is 7.30. The highest BCUT2D eigenvalue weighted by Crippen LogP contribution is 2.22. The van der Waals surface area contributed by atoms with E-state index in [0.29, 0.717) is 51.9 Å². The number of carbonyl (C=O) groups excluding carboxylic acids is 2. The second kappa shape index (κ2) is 11.8. The Bertz CT molecular complexity index is 627. The average molecular weight is 411 g/mol. The largest absolute Gasteiger partial charge is 0.400 e. The van der Waals surface area contributed by atoms with Crippen LogP contribution in [-0.2, 0) is 16.1 Å². The van der Waals surface area contributed by atoms with Crippen molar-refractivity contribution in [1.29, 1.82) is 0 Å². The van der Waals surface area contributed by atoms with Crippen LogP contribution in [0.2, 0.25) is 0 Å². The maximum Gasteiger partial charge on any atom is 0.249 e. The molecule has 0 atom stereocenters. The highest BCUT2D eigenvalue weighted by atomic mass is 16.3. The molecular formula is C20H34N4O5. The van der Waals surface area contributed by atoms with Gasteiger partial charge >= 0.3 is 0 Å². The maximum atomic E-state index is 11.1. The summed E-state index contributed by atoms with van der Waals surface area (Å²) in [5.41, 5.74) is 8.88.